The van der Waals surface area contributed by atoms with E-state index in [1.54, 1.807) is 0 Å². The smallest absolute Gasteiger partial charge is 0.125 e. The van der Waals surface area contributed by atoms with E-state index in [-0.39, 0.29) is 4.49 Å². The molecule has 2 aromatic rings. The lowest BCUT2D eigenvalue weighted by Gasteiger charge is -1.91. The van der Waals surface area contributed by atoms with Crippen molar-refractivity contribution in [2.24, 2.45) is 0 Å². The van der Waals surface area contributed by atoms with Gasteiger partial charge in [-0.2, -0.15) is 0 Å². The average Bonchev–Trinajstić information content (AvgIpc) is 2.48. The predicted octanol–water partition coefficient (Wildman–Crippen LogP) is 2.66. The molecule has 0 bridgehead atoms. The molecule has 1 aromatic heterocycles. The van der Waals surface area contributed by atoms with Crippen molar-refractivity contribution in [2.45, 2.75) is 0 Å². The Hall–Kier alpha value is -1.06. The highest BCUT2D eigenvalue weighted by molar-refractivity contribution is 6.57. The van der Waals surface area contributed by atoms with Crippen molar-refractivity contribution >= 4 is 40.4 Å². The number of nitrogens with zero attached hydrogens (tertiary/aromatic N) is 3. The third-order valence-corrected chi connectivity index (χ3v) is 1.79. The standard InChI is InChI=1S/C8H5Cl2N3/c9-8(10)5-13-7-4-2-1-3-6(7)11-12-13/h1-5H. The maximum absolute atomic E-state index is 5.51. The molecule has 0 radical (unpaired) electrons. The van der Waals surface area contributed by atoms with E-state index in [1.807, 2.05) is 24.3 Å². The Kier molecular flexibility index (Phi) is 2.20. The molecular weight excluding hydrogens is 209 g/mol. The van der Waals surface area contributed by atoms with Gasteiger partial charge < -0.3 is 0 Å². The zero-order valence-electron chi connectivity index (χ0n) is 6.48. The minimum Gasteiger partial charge on any atom is -0.218 e. The van der Waals surface area contributed by atoms with E-state index in [2.05, 4.69) is 10.3 Å². The van der Waals surface area contributed by atoms with Crippen LogP contribution in [0, 0.1) is 0 Å². The number of para-hydroxylation sites is 1. The Morgan fingerprint density at radius 1 is 1.31 bits per heavy atom. The van der Waals surface area contributed by atoms with Gasteiger partial charge in [-0.1, -0.05) is 40.5 Å². The van der Waals surface area contributed by atoms with Gasteiger partial charge in [-0.3, -0.25) is 0 Å². The van der Waals surface area contributed by atoms with Crippen molar-refractivity contribution in [2.75, 3.05) is 0 Å². The predicted molar refractivity (Wildman–Crippen MR) is 53.5 cm³/mol. The third kappa shape index (κ3) is 1.66. The second-order valence-electron chi connectivity index (χ2n) is 2.44. The summed E-state index contributed by atoms with van der Waals surface area (Å²) in [6.45, 7) is 0. The molecule has 5 heteroatoms. The van der Waals surface area contributed by atoms with Gasteiger partial charge in [0.1, 0.15) is 10.0 Å². The quantitative estimate of drug-likeness (QED) is 0.730. The molecule has 0 spiro atoms. The lowest BCUT2D eigenvalue weighted by molar-refractivity contribution is 0.861. The molecular formula is C8H5Cl2N3. The first-order valence-electron chi connectivity index (χ1n) is 3.60. The highest BCUT2D eigenvalue weighted by Gasteiger charge is 2.00. The van der Waals surface area contributed by atoms with Gasteiger partial charge in [0, 0.05) is 0 Å². The Morgan fingerprint density at radius 2 is 2.08 bits per heavy atom. The van der Waals surface area contributed by atoms with E-state index in [1.165, 1.54) is 10.9 Å². The van der Waals surface area contributed by atoms with Gasteiger partial charge in [-0.25, -0.2) is 4.68 Å². The van der Waals surface area contributed by atoms with Crippen molar-refractivity contribution in [3.8, 4) is 0 Å². The van der Waals surface area contributed by atoms with Gasteiger partial charge in [0.2, 0.25) is 0 Å². The molecule has 0 saturated carbocycles. The number of fused-ring (bicyclic) bond motifs is 1. The van der Waals surface area contributed by atoms with Crippen LogP contribution >= 0.6 is 23.2 Å². The second-order valence-corrected chi connectivity index (χ2v) is 3.45. The molecule has 2 rings (SSSR count). The zero-order chi connectivity index (χ0) is 9.26. The van der Waals surface area contributed by atoms with Crippen LogP contribution in [0.2, 0.25) is 0 Å². The number of rotatable bonds is 1. The number of benzene rings is 1. The molecule has 0 unspecified atom stereocenters. The molecule has 0 amide bonds. The van der Waals surface area contributed by atoms with Crippen molar-refractivity contribution in [3.05, 3.63) is 28.8 Å². The minimum absolute atomic E-state index is 0.149. The van der Waals surface area contributed by atoms with Crippen molar-refractivity contribution in [1.29, 1.82) is 0 Å². The number of aromatic nitrogens is 3. The van der Waals surface area contributed by atoms with Crippen LogP contribution in [0.5, 0.6) is 0 Å². The summed E-state index contributed by atoms with van der Waals surface area (Å²) in [6, 6.07) is 7.56. The summed E-state index contributed by atoms with van der Waals surface area (Å²) >= 11 is 11.0. The maximum atomic E-state index is 5.51. The fourth-order valence-electron chi connectivity index (χ4n) is 1.07. The van der Waals surface area contributed by atoms with Crippen molar-refractivity contribution < 1.29 is 0 Å². The van der Waals surface area contributed by atoms with Crippen LogP contribution in [0.15, 0.2) is 28.8 Å². The third-order valence-electron chi connectivity index (χ3n) is 1.60. The second kappa shape index (κ2) is 3.36. The van der Waals surface area contributed by atoms with Gasteiger partial charge in [0.05, 0.1) is 11.7 Å². The van der Waals surface area contributed by atoms with Crippen LogP contribution in [0.3, 0.4) is 0 Å². The molecule has 0 atom stereocenters. The SMILES string of the molecule is ClC(Cl)=Cn1nnc2ccccc21. The van der Waals surface area contributed by atoms with Crippen LogP contribution in [0.1, 0.15) is 0 Å². The van der Waals surface area contributed by atoms with Crippen LogP contribution < -0.4 is 0 Å². The van der Waals surface area contributed by atoms with Crippen LogP contribution in [0.4, 0.5) is 0 Å². The Morgan fingerprint density at radius 3 is 2.85 bits per heavy atom. The fraction of sp³-hybridized carbons (Fsp3) is 0. The van der Waals surface area contributed by atoms with Crippen molar-refractivity contribution in [1.82, 2.24) is 15.0 Å². The summed E-state index contributed by atoms with van der Waals surface area (Å²) in [7, 11) is 0. The molecule has 3 nitrogen and oxygen atoms in total. The molecule has 1 heterocycles. The molecule has 0 aliphatic rings. The van der Waals surface area contributed by atoms with E-state index >= 15 is 0 Å². The Bertz CT molecular complexity index is 457. The first-order chi connectivity index (χ1) is 6.27. The number of hydrogen-bond donors (Lipinski definition) is 0. The molecule has 1 aromatic carbocycles. The summed E-state index contributed by atoms with van der Waals surface area (Å²) in [5, 5.41) is 7.78. The van der Waals surface area contributed by atoms with E-state index in [9.17, 15) is 0 Å². The van der Waals surface area contributed by atoms with E-state index in [0.717, 1.165) is 11.0 Å². The van der Waals surface area contributed by atoms with Crippen LogP contribution in [-0.4, -0.2) is 15.0 Å². The van der Waals surface area contributed by atoms with E-state index in [0.29, 0.717) is 0 Å². The van der Waals surface area contributed by atoms with E-state index in [4.69, 9.17) is 23.2 Å². The molecule has 0 aliphatic heterocycles. The lowest BCUT2D eigenvalue weighted by Crippen LogP contribution is -1.88. The maximum Gasteiger partial charge on any atom is 0.125 e. The summed E-state index contributed by atoms with van der Waals surface area (Å²) < 4.78 is 1.68. The van der Waals surface area contributed by atoms with Gasteiger partial charge in [0.15, 0.2) is 0 Å². The first-order valence-corrected chi connectivity index (χ1v) is 4.36. The molecule has 0 saturated heterocycles. The van der Waals surface area contributed by atoms with Crippen LogP contribution in [0.25, 0.3) is 17.2 Å². The van der Waals surface area contributed by atoms with Crippen molar-refractivity contribution in [3.63, 3.8) is 0 Å². The fourth-order valence-corrected chi connectivity index (χ4v) is 1.26. The normalized spacial score (nSPS) is 10.3. The first kappa shape index (κ1) is 8.53. The highest BCUT2D eigenvalue weighted by atomic mass is 35.5. The number of hydrogen-bond acceptors (Lipinski definition) is 2. The van der Waals surface area contributed by atoms with Gasteiger partial charge in [0.25, 0.3) is 0 Å². The van der Waals surface area contributed by atoms with E-state index < -0.39 is 0 Å². The molecule has 0 N–H and O–H groups in total. The topological polar surface area (TPSA) is 30.7 Å². The summed E-state index contributed by atoms with van der Waals surface area (Å²) in [6.07, 6.45) is 1.50. The molecule has 66 valence electrons. The lowest BCUT2D eigenvalue weighted by atomic mass is 10.3. The minimum atomic E-state index is 0.149. The van der Waals surface area contributed by atoms with Gasteiger partial charge in [-0.05, 0) is 12.1 Å². The van der Waals surface area contributed by atoms with Gasteiger partial charge in [-0.15, -0.1) is 5.10 Å². The molecule has 13 heavy (non-hydrogen) atoms. The largest absolute Gasteiger partial charge is 0.218 e. The summed E-state index contributed by atoms with van der Waals surface area (Å²) in [5.41, 5.74) is 1.69. The average molecular weight is 214 g/mol. The van der Waals surface area contributed by atoms with Gasteiger partial charge >= 0.3 is 0 Å². The molecule has 0 fully saturated rings. The highest BCUT2D eigenvalue weighted by Crippen LogP contribution is 2.13. The Labute approximate surface area is 84.6 Å². The summed E-state index contributed by atoms with van der Waals surface area (Å²) in [5.74, 6) is 0. The van der Waals surface area contributed by atoms with Crippen LogP contribution in [-0.2, 0) is 0 Å². The Balaban J connectivity index is 2.65. The summed E-state index contributed by atoms with van der Waals surface area (Å²) in [4.78, 5) is 0. The number of halogens is 2. The monoisotopic (exact) mass is 213 g/mol. The molecule has 0 aliphatic carbocycles. The zero-order valence-corrected chi connectivity index (χ0v) is 8.00.